The molecule has 0 radical (unpaired) electrons. The Bertz CT molecular complexity index is 334. The van der Waals surface area contributed by atoms with Crippen LogP contribution >= 0.6 is 11.8 Å². The van der Waals surface area contributed by atoms with E-state index in [9.17, 15) is 0 Å². The van der Waals surface area contributed by atoms with Crippen molar-refractivity contribution in [2.75, 3.05) is 23.3 Å². The molecule has 1 unspecified atom stereocenters. The van der Waals surface area contributed by atoms with Crippen LogP contribution in [0.2, 0.25) is 0 Å². The SMILES string of the molecule is CC1(CNc2cc(N)ccn2)CCCS1. The smallest absolute Gasteiger partial charge is 0.127 e. The fourth-order valence-electron chi connectivity index (χ4n) is 1.80. The van der Waals surface area contributed by atoms with Crippen molar-refractivity contribution in [1.82, 2.24) is 4.98 Å². The summed E-state index contributed by atoms with van der Waals surface area (Å²) in [5.74, 6) is 2.16. The lowest BCUT2D eigenvalue weighted by Crippen LogP contribution is -2.27. The number of nitrogens with one attached hydrogen (secondary N) is 1. The number of nitrogens with two attached hydrogens (primary N) is 1. The molecule has 4 heteroatoms. The number of anilines is 2. The van der Waals surface area contributed by atoms with Gasteiger partial charge in [0.2, 0.25) is 0 Å². The minimum Gasteiger partial charge on any atom is -0.399 e. The summed E-state index contributed by atoms with van der Waals surface area (Å²) >= 11 is 2.05. The first-order valence-corrected chi connectivity index (χ1v) is 6.26. The van der Waals surface area contributed by atoms with E-state index in [-0.39, 0.29) is 0 Å². The molecule has 2 rings (SSSR count). The molecular weight excluding hydrogens is 206 g/mol. The summed E-state index contributed by atoms with van der Waals surface area (Å²) in [5.41, 5.74) is 6.45. The minimum atomic E-state index is 0.367. The van der Waals surface area contributed by atoms with Crippen LogP contribution in [-0.4, -0.2) is 22.0 Å². The average Bonchev–Trinajstić information content (AvgIpc) is 2.63. The van der Waals surface area contributed by atoms with Crippen molar-refractivity contribution in [2.24, 2.45) is 0 Å². The summed E-state index contributed by atoms with van der Waals surface area (Å²) < 4.78 is 0.367. The third kappa shape index (κ3) is 2.78. The molecule has 1 aromatic rings. The topological polar surface area (TPSA) is 50.9 Å². The second-order valence-electron chi connectivity index (χ2n) is 4.23. The van der Waals surface area contributed by atoms with Gasteiger partial charge in [-0.15, -0.1) is 0 Å². The summed E-state index contributed by atoms with van der Waals surface area (Å²) in [5, 5.41) is 3.36. The predicted octanol–water partition coefficient (Wildman–Crippen LogP) is 2.36. The number of rotatable bonds is 3. The third-order valence-electron chi connectivity index (χ3n) is 2.73. The molecule has 0 bridgehead atoms. The van der Waals surface area contributed by atoms with Crippen LogP contribution in [0.1, 0.15) is 19.8 Å². The zero-order valence-electron chi connectivity index (χ0n) is 8.99. The molecule has 1 aliphatic rings. The van der Waals surface area contributed by atoms with Gasteiger partial charge in [0.05, 0.1) is 0 Å². The lowest BCUT2D eigenvalue weighted by molar-refractivity contribution is 0.634. The molecule has 1 aromatic heterocycles. The van der Waals surface area contributed by atoms with Crippen molar-refractivity contribution in [3.8, 4) is 0 Å². The normalized spacial score (nSPS) is 25.4. The number of hydrogen-bond acceptors (Lipinski definition) is 4. The molecule has 0 saturated carbocycles. The molecule has 0 amide bonds. The van der Waals surface area contributed by atoms with E-state index in [4.69, 9.17) is 5.73 Å². The molecule has 0 aliphatic carbocycles. The van der Waals surface area contributed by atoms with Crippen molar-refractivity contribution < 1.29 is 0 Å². The summed E-state index contributed by atoms with van der Waals surface area (Å²) in [6.45, 7) is 3.28. The highest BCUT2D eigenvalue weighted by Crippen LogP contribution is 2.37. The van der Waals surface area contributed by atoms with Gasteiger partial charge in [0, 0.05) is 29.2 Å². The lowest BCUT2D eigenvalue weighted by Gasteiger charge is -2.23. The second kappa shape index (κ2) is 4.31. The summed E-state index contributed by atoms with van der Waals surface area (Å²) in [6.07, 6.45) is 4.35. The van der Waals surface area contributed by atoms with Crippen molar-refractivity contribution >= 4 is 23.3 Å². The van der Waals surface area contributed by atoms with Gasteiger partial charge in [-0.25, -0.2) is 4.98 Å². The van der Waals surface area contributed by atoms with Crippen molar-refractivity contribution in [3.63, 3.8) is 0 Å². The quantitative estimate of drug-likeness (QED) is 0.826. The zero-order valence-corrected chi connectivity index (χ0v) is 9.81. The van der Waals surface area contributed by atoms with Crippen LogP contribution in [0.15, 0.2) is 18.3 Å². The highest BCUT2D eigenvalue weighted by molar-refractivity contribution is 8.00. The van der Waals surface area contributed by atoms with Crippen LogP contribution in [0.5, 0.6) is 0 Å². The molecule has 1 aliphatic heterocycles. The van der Waals surface area contributed by atoms with Gasteiger partial charge in [-0.2, -0.15) is 11.8 Å². The van der Waals surface area contributed by atoms with E-state index in [1.54, 1.807) is 12.3 Å². The maximum absolute atomic E-state index is 5.69. The van der Waals surface area contributed by atoms with Crippen LogP contribution in [0, 0.1) is 0 Å². The molecule has 3 nitrogen and oxygen atoms in total. The Balaban J connectivity index is 1.92. The first-order valence-electron chi connectivity index (χ1n) is 5.27. The molecule has 1 saturated heterocycles. The Labute approximate surface area is 94.8 Å². The molecule has 1 atom stereocenters. The molecule has 3 N–H and O–H groups in total. The predicted molar refractivity (Wildman–Crippen MR) is 67.2 cm³/mol. The Morgan fingerprint density at radius 1 is 1.67 bits per heavy atom. The largest absolute Gasteiger partial charge is 0.399 e. The Morgan fingerprint density at radius 2 is 2.53 bits per heavy atom. The fraction of sp³-hybridized carbons (Fsp3) is 0.545. The number of nitrogens with zero attached hydrogens (tertiary/aromatic N) is 1. The number of thioether (sulfide) groups is 1. The first kappa shape index (κ1) is 10.6. The highest BCUT2D eigenvalue weighted by atomic mass is 32.2. The van der Waals surface area contributed by atoms with Gasteiger partial charge in [-0.05, 0) is 31.6 Å². The van der Waals surface area contributed by atoms with Gasteiger partial charge in [0.1, 0.15) is 5.82 Å². The summed E-state index contributed by atoms with van der Waals surface area (Å²) in [4.78, 5) is 4.23. The average molecular weight is 223 g/mol. The number of hydrogen-bond donors (Lipinski definition) is 2. The Hall–Kier alpha value is -0.900. The zero-order chi connectivity index (χ0) is 10.7. The molecular formula is C11H17N3S. The van der Waals surface area contributed by atoms with Gasteiger partial charge in [-0.3, -0.25) is 0 Å². The lowest BCUT2D eigenvalue weighted by atomic mass is 10.1. The number of aromatic nitrogens is 1. The van der Waals surface area contributed by atoms with Crippen LogP contribution < -0.4 is 11.1 Å². The fourth-order valence-corrected chi connectivity index (χ4v) is 3.04. The first-order chi connectivity index (χ1) is 7.18. The molecule has 1 fully saturated rings. The summed E-state index contributed by atoms with van der Waals surface area (Å²) in [6, 6.07) is 3.68. The van der Waals surface area contributed by atoms with Crippen molar-refractivity contribution in [1.29, 1.82) is 0 Å². The van der Waals surface area contributed by atoms with Gasteiger partial charge >= 0.3 is 0 Å². The van der Waals surface area contributed by atoms with E-state index in [1.165, 1.54) is 18.6 Å². The maximum Gasteiger partial charge on any atom is 0.127 e. The minimum absolute atomic E-state index is 0.367. The van der Waals surface area contributed by atoms with Gasteiger partial charge < -0.3 is 11.1 Å². The molecule has 2 heterocycles. The van der Waals surface area contributed by atoms with Gasteiger partial charge in [0.15, 0.2) is 0 Å². The molecule has 82 valence electrons. The van der Waals surface area contributed by atoms with Gasteiger partial charge in [-0.1, -0.05) is 0 Å². The van der Waals surface area contributed by atoms with Crippen LogP contribution in [0.25, 0.3) is 0 Å². The van der Waals surface area contributed by atoms with Crippen molar-refractivity contribution in [2.45, 2.75) is 24.5 Å². The summed E-state index contributed by atoms with van der Waals surface area (Å²) in [7, 11) is 0. The van der Waals surface area contributed by atoms with E-state index in [0.717, 1.165) is 18.1 Å². The van der Waals surface area contributed by atoms with Crippen LogP contribution in [0.3, 0.4) is 0 Å². The monoisotopic (exact) mass is 223 g/mol. The second-order valence-corrected chi connectivity index (χ2v) is 5.91. The van der Waals surface area contributed by atoms with E-state index < -0.39 is 0 Å². The Kier molecular flexibility index (Phi) is 3.05. The maximum atomic E-state index is 5.69. The van der Waals surface area contributed by atoms with Crippen LogP contribution in [0.4, 0.5) is 11.5 Å². The Morgan fingerprint density at radius 3 is 3.20 bits per heavy atom. The third-order valence-corrected chi connectivity index (χ3v) is 4.27. The highest BCUT2D eigenvalue weighted by Gasteiger charge is 2.29. The number of nitrogen functional groups attached to an aromatic ring is 1. The standard InChI is InChI=1S/C11H17N3S/c1-11(4-2-6-15-11)8-14-10-7-9(12)3-5-13-10/h3,5,7H,2,4,6,8H2,1H3,(H3,12,13,14). The molecule has 0 aromatic carbocycles. The van der Waals surface area contributed by atoms with Crippen LogP contribution in [-0.2, 0) is 0 Å². The van der Waals surface area contributed by atoms with Crippen molar-refractivity contribution in [3.05, 3.63) is 18.3 Å². The van der Waals surface area contributed by atoms with Gasteiger partial charge in [0.25, 0.3) is 0 Å². The number of pyridine rings is 1. The van der Waals surface area contributed by atoms with E-state index >= 15 is 0 Å². The van der Waals surface area contributed by atoms with E-state index in [0.29, 0.717) is 4.75 Å². The molecule has 0 spiro atoms. The van der Waals surface area contributed by atoms with E-state index in [2.05, 4.69) is 17.2 Å². The molecule has 15 heavy (non-hydrogen) atoms. The van der Waals surface area contributed by atoms with E-state index in [1.807, 2.05) is 17.8 Å².